The Morgan fingerprint density at radius 3 is 2.65 bits per heavy atom. The first-order chi connectivity index (χ1) is 9.45. The van der Waals surface area contributed by atoms with Crippen LogP contribution in [-0.4, -0.2) is 37.7 Å². The molecule has 112 valence electrons. The summed E-state index contributed by atoms with van der Waals surface area (Å²) in [6.07, 6.45) is 0. The first kappa shape index (κ1) is 16.5. The number of anilines is 1. The van der Waals surface area contributed by atoms with Gasteiger partial charge in [0.05, 0.1) is 6.61 Å². The van der Waals surface area contributed by atoms with Crippen molar-refractivity contribution in [2.75, 3.05) is 32.1 Å². The molecule has 0 radical (unpaired) electrons. The van der Waals surface area contributed by atoms with Crippen LogP contribution < -0.4 is 5.32 Å². The van der Waals surface area contributed by atoms with Crippen molar-refractivity contribution >= 4 is 11.7 Å². The van der Waals surface area contributed by atoms with Gasteiger partial charge in [-0.3, -0.25) is 0 Å². The number of aryl methyl sites for hydroxylation is 1. The lowest BCUT2D eigenvalue weighted by Crippen LogP contribution is -2.39. The number of nitrogens with zero attached hydrogens (tertiary/aromatic N) is 1. The number of amides is 2. The summed E-state index contributed by atoms with van der Waals surface area (Å²) in [5.74, 6) is 0.427. The molecular formula is C16H26N2O2. The first-order valence-corrected chi connectivity index (χ1v) is 7.06. The van der Waals surface area contributed by atoms with E-state index in [1.807, 2.05) is 32.0 Å². The largest absolute Gasteiger partial charge is 0.383 e. The average Bonchev–Trinajstić information content (AvgIpc) is 2.39. The summed E-state index contributed by atoms with van der Waals surface area (Å²) < 4.78 is 5.08. The van der Waals surface area contributed by atoms with Crippen LogP contribution in [-0.2, 0) is 4.74 Å². The van der Waals surface area contributed by atoms with Gasteiger partial charge < -0.3 is 15.0 Å². The van der Waals surface area contributed by atoms with E-state index >= 15 is 0 Å². The second-order valence-corrected chi connectivity index (χ2v) is 5.51. The summed E-state index contributed by atoms with van der Waals surface area (Å²) >= 11 is 0. The van der Waals surface area contributed by atoms with Gasteiger partial charge in [0.1, 0.15) is 0 Å². The average molecular weight is 278 g/mol. The van der Waals surface area contributed by atoms with E-state index in [-0.39, 0.29) is 6.03 Å². The third-order valence-corrected chi connectivity index (χ3v) is 3.28. The Morgan fingerprint density at radius 2 is 2.05 bits per heavy atom. The van der Waals surface area contributed by atoms with E-state index in [0.717, 1.165) is 17.8 Å². The highest BCUT2D eigenvalue weighted by molar-refractivity contribution is 5.90. The van der Waals surface area contributed by atoms with Crippen LogP contribution in [0.3, 0.4) is 0 Å². The van der Waals surface area contributed by atoms with Crippen molar-refractivity contribution in [3.8, 4) is 0 Å². The molecule has 0 aliphatic heterocycles. The molecule has 4 nitrogen and oxygen atoms in total. The van der Waals surface area contributed by atoms with Crippen LogP contribution in [0, 0.1) is 19.8 Å². The first-order valence-electron chi connectivity index (χ1n) is 7.06. The van der Waals surface area contributed by atoms with Crippen molar-refractivity contribution in [2.45, 2.75) is 27.7 Å². The van der Waals surface area contributed by atoms with E-state index in [2.05, 4.69) is 19.2 Å². The quantitative estimate of drug-likeness (QED) is 0.866. The minimum atomic E-state index is -0.0653. The van der Waals surface area contributed by atoms with Gasteiger partial charge in [-0.15, -0.1) is 0 Å². The van der Waals surface area contributed by atoms with Crippen LogP contribution in [0.2, 0.25) is 0 Å². The molecule has 0 saturated carbocycles. The molecule has 1 aromatic rings. The maximum atomic E-state index is 12.4. The zero-order valence-electron chi connectivity index (χ0n) is 13.2. The predicted molar refractivity (Wildman–Crippen MR) is 83.2 cm³/mol. The number of carbonyl (C=O) groups excluding carboxylic acids is 1. The third kappa shape index (κ3) is 4.85. The molecule has 0 heterocycles. The van der Waals surface area contributed by atoms with Gasteiger partial charge in [0.15, 0.2) is 0 Å². The number of benzene rings is 1. The van der Waals surface area contributed by atoms with Crippen molar-refractivity contribution < 1.29 is 9.53 Å². The lowest BCUT2D eigenvalue weighted by Gasteiger charge is -2.25. The molecule has 20 heavy (non-hydrogen) atoms. The molecule has 1 N–H and O–H groups in total. The fraction of sp³-hybridized carbons (Fsp3) is 0.562. The Hall–Kier alpha value is -1.55. The highest BCUT2D eigenvalue weighted by Gasteiger charge is 2.15. The predicted octanol–water partition coefficient (Wildman–Crippen LogP) is 3.44. The molecule has 0 aromatic heterocycles. The van der Waals surface area contributed by atoms with Gasteiger partial charge >= 0.3 is 6.03 Å². The molecule has 0 atom stereocenters. The maximum Gasteiger partial charge on any atom is 0.321 e. The van der Waals surface area contributed by atoms with Crippen molar-refractivity contribution in [3.05, 3.63) is 29.3 Å². The Morgan fingerprint density at radius 1 is 1.35 bits per heavy atom. The van der Waals surface area contributed by atoms with Crippen molar-refractivity contribution in [2.24, 2.45) is 5.92 Å². The molecule has 1 rings (SSSR count). The monoisotopic (exact) mass is 278 g/mol. The van der Waals surface area contributed by atoms with Gasteiger partial charge in [0.25, 0.3) is 0 Å². The molecule has 1 aromatic carbocycles. The normalized spacial score (nSPS) is 10.7. The molecule has 0 bridgehead atoms. The Labute approximate surface area is 122 Å². The molecule has 0 saturated heterocycles. The van der Waals surface area contributed by atoms with Gasteiger partial charge in [-0.2, -0.15) is 0 Å². The lowest BCUT2D eigenvalue weighted by molar-refractivity contribution is 0.150. The van der Waals surface area contributed by atoms with Crippen molar-refractivity contribution in [1.82, 2.24) is 4.90 Å². The smallest absolute Gasteiger partial charge is 0.321 e. The number of carbonyl (C=O) groups is 1. The van der Waals surface area contributed by atoms with Crippen molar-refractivity contribution in [3.63, 3.8) is 0 Å². The number of methoxy groups -OCH3 is 1. The number of hydrogen-bond acceptors (Lipinski definition) is 2. The zero-order chi connectivity index (χ0) is 15.1. The summed E-state index contributed by atoms with van der Waals surface area (Å²) in [5.41, 5.74) is 3.16. The number of ether oxygens (including phenoxy) is 1. The third-order valence-electron chi connectivity index (χ3n) is 3.28. The molecule has 0 fully saturated rings. The van der Waals surface area contributed by atoms with Crippen LogP contribution in [0.4, 0.5) is 10.5 Å². The zero-order valence-corrected chi connectivity index (χ0v) is 13.2. The fourth-order valence-electron chi connectivity index (χ4n) is 2.00. The van der Waals surface area contributed by atoms with Crippen LogP contribution in [0.15, 0.2) is 18.2 Å². The van der Waals surface area contributed by atoms with E-state index in [4.69, 9.17) is 4.74 Å². The van der Waals surface area contributed by atoms with Gasteiger partial charge in [-0.05, 0) is 37.0 Å². The van der Waals surface area contributed by atoms with Gasteiger partial charge in [0, 0.05) is 25.9 Å². The molecule has 0 unspecified atom stereocenters. The second kappa shape index (κ2) is 7.90. The Balaban J connectivity index is 2.76. The van der Waals surface area contributed by atoms with Crippen molar-refractivity contribution in [1.29, 1.82) is 0 Å². The topological polar surface area (TPSA) is 41.6 Å². The number of rotatable bonds is 6. The molecule has 0 aliphatic carbocycles. The van der Waals surface area contributed by atoms with E-state index in [1.165, 1.54) is 5.56 Å². The van der Waals surface area contributed by atoms with Crippen LogP contribution in [0.25, 0.3) is 0 Å². The summed E-state index contributed by atoms with van der Waals surface area (Å²) in [5, 5.41) is 3.00. The summed E-state index contributed by atoms with van der Waals surface area (Å²) in [7, 11) is 1.65. The number of nitrogens with one attached hydrogen (secondary N) is 1. The summed E-state index contributed by atoms with van der Waals surface area (Å²) in [6, 6.07) is 5.87. The highest BCUT2D eigenvalue weighted by Crippen LogP contribution is 2.18. The van der Waals surface area contributed by atoms with Crippen LogP contribution in [0.5, 0.6) is 0 Å². The molecular weight excluding hydrogens is 252 g/mol. The summed E-state index contributed by atoms with van der Waals surface area (Å²) in [4.78, 5) is 14.2. The minimum Gasteiger partial charge on any atom is -0.383 e. The number of urea groups is 1. The van der Waals surface area contributed by atoms with Gasteiger partial charge in [-0.25, -0.2) is 4.79 Å². The summed E-state index contributed by atoms with van der Waals surface area (Å²) in [6.45, 7) is 10.1. The molecule has 4 heteroatoms. The van der Waals surface area contributed by atoms with Gasteiger partial charge in [0.2, 0.25) is 0 Å². The SMILES string of the molecule is COCCN(CC(C)C)C(=O)Nc1cccc(C)c1C. The van der Waals surface area contributed by atoms with Gasteiger partial charge in [-0.1, -0.05) is 26.0 Å². The fourth-order valence-corrected chi connectivity index (χ4v) is 2.00. The molecule has 2 amide bonds. The van der Waals surface area contributed by atoms with Crippen LogP contribution in [0.1, 0.15) is 25.0 Å². The molecule has 0 aliphatic rings. The minimum absolute atomic E-state index is 0.0653. The number of hydrogen-bond donors (Lipinski definition) is 1. The lowest BCUT2D eigenvalue weighted by atomic mass is 10.1. The second-order valence-electron chi connectivity index (χ2n) is 5.51. The van der Waals surface area contributed by atoms with E-state index < -0.39 is 0 Å². The van der Waals surface area contributed by atoms with E-state index in [1.54, 1.807) is 12.0 Å². The van der Waals surface area contributed by atoms with E-state index in [0.29, 0.717) is 19.1 Å². The highest BCUT2D eigenvalue weighted by atomic mass is 16.5. The Kier molecular flexibility index (Phi) is 6.52. The van der Waals surface area contributed by atoms with E-state index in [9.17, 15) is 4.79 Å². The Bertz CT molecular complexity index is 444. The molecule has 0 spiro atoms. The van der Waals surface area contributed by atoms with Crippen LogP contribution >= 0.6 is 0 Å². The standard InChI is InChI=1S/C16H26N2O2/c1-12(2)11-18(9-10-20-5)16(19)17-15-8-6-7-13(3)14(15)4/h6-8,12H,9-11H2,1-5H3,(H,17,19). The maximum absolute atomic E-state index is 12.4.